The van der Waals surface area contributed by atoms with Gasteiger partial charge in [0.2, 0.25) is 5.91 Å². The topological polar surface area (TPSA) is 307 Å². The third-order valence-electron chi connectivity index (χ3n) is 21.4. The number of carbonyl (C=O) groups is 1. The quantitative estimate of drug-likeness (QED) is 0.0199. The summed E-state index contributed by atoms with van der Waals surface area (Å²) in [4.78, 5) is 13.5. The molecule has 0 aromatic heterocycles. The maximum Gasteiger partial charge on any atom is 0.220 e. The van der Waals surface area contributed by atoms with Crippen molar-refractivity contribution in [3.05, 3.63) is 36.5 Å². The van der Waals surface area contributed by atoms with Gasteiger partial charge in [0.1, 0.15) is 73.2 Å². The Balaban J connectivity index is 1.37. The summed E-state index contributed by atoms with van der Waals surface area (Å²) in [5.74, 6) is -0.282. The summed E-state index contributed by atoms with van der Waals surface area (Å²) < 4.78 is 34.5. The van der Waals surface area contributed by atoms with Gasteiger partial charge in [0, 0.05) is 6.42 Å². The number of nitrogens with one attached hydrogen (secondary N) is 1. The van der Waals surface area contributed by atoms with E-state index in [4.69, 9.17) is 28.4 Å². The Morgan fingerprint density at radius 1 is 0.340 bits per heavy atom. The van der Waals surface area contributed by atoms with Crippen molar-refractivity contribution in [2.75, 3.05) is 26.4 Å². The van der Waals surface area contributed by atoms with Gasteiger partial charge >= 0.3 is 0 Å². The van der Waals surface area contributed by atoms with Gasteiger partial charge in [-0.1, -0.05) is 346 Å². The highest BCUT2D eigenvalue weighted by atomic mass is 16.8. The highest BCUT2D eigenvalue weighted by Gasteiger charge is 2.54. The van der Waals surface area contributed by atoms with Crippen molar-refractivity contribution in [2.45, 2.75) is 465 Å². The van der Waals surface area contributed by atoms with Gasteiger partial charge in [-0.3, -0.25) is 4.79 Å². The van der Waals surface area contributed by atoms with Crippen LogP contribution in [0.25, 0.3) is 0 Å². The van der Waals surface area contributed by atoms with E-state index in [9.17, 15) is 61.0 Å². The summed E-state index contributed by atoms with van der Waals surface area (Å²) >= 11 is 0. The second kappa shape index (κ2) is 64.8. The SMILES string of the molecule is CCCCCCCCCCCCCCCCCCCCCCCC/C=C/CC/C=C/CC/C=C/C(O)C(COC1OC(CO)C(OC2OC(CO)C(OC3OC(CO)C(O)C(O)C3O)C(O)C2O)C(O)C1O)NC(=O)CCCCCCCCCCCCCCCCCCCCCCCCCCCC. The number of aliphatic hydroxyl groups excluding tert-OH is 11. The highest BCUT2D eigenvalue weighted by Crippen LogP contribution is 2.33. The molecule has 3 heterocycles. The molecule has 17 atom stereocenters. The van der Waals surface area contributed by atoms with Gasteiger partial charge in [-0.05, 0) is 44.9 Å². The molecule has 19 nitrogen and oxygen atoms in total. The average molecular weight is 1470 g/mol. The molecule has 19 heteroatoms. The van der Waals surface area contributed by atoms with Gasteiger partial charge in [0.15, 0.2) is 18.9 Å². The van der Waals surface area contributed by atoms with E-state index in [1.165, 1.54) is 283 Å². The van der Waals surface area contributed by atoms with Crippen molar-refractivity contribution in [1.29, 1.82) is 0 Å². The number of hydrogen-bond acceptors (Lipinski definition) is 18. The molecule has 3 fully saturated rings. The lowest BCUT2D eigenvalue weighted by molar-refractivity contribution is -0.379. The molecule has 3 saturated heterocycles. The fourth-order valence-corrected chi connectivity index (χ4v) is 14.6. The molecule has 0 radical (unpaired) electrons. The van der Waals surface area contributed by atoms with E-state index in [1.54, 1.807) is 6.08 Å². The third-order valence-corrected chi connectivity index (χ3v) is 21.4. The molecular weight excluding hydrogens is 1310 g/mol. The van der Waals surface area contributed by atoms with Gasteiger partial charge in [-0.15, -0.1) is 0 Å². The van der Waals surface area contributed by atoms with Gasteiger partial charge in [-0.25, -0.2) is 0 Å². The number of aliphatic hydroxyl groups is 11. The lowest BCUT2D eigenvalue weighted by Crippen LogP contribution is -2.66. The first-order valence-electron chi connectivity index (χ1n) is 42.7. The molecule has 606 valence electrons. The Bertz CT molecular complexity index is 2000. The largest absolute Gasteiger partial charge is 0.394 e. The Morgan fingerprint density at radius 2 is 0.621 bits per heavy atom. The minimum atomic E-state index is -1.98. The Kier molecular flexibility index (Phi) is 59.9. The summed E-state index contributed by atoms with van der Waals surface area (Å²) in [6, 6.07) is -0.996. The first-order valence-corrected chi connectivity index (χ1v) is 42.7. The smallest absolute Gasteiger partial charge is 0.220 e. The van der Waals surface area contributed by atoms with E-state index in [0.29, 0.717) is 12.8 Å². The molecule has 103 heavy (non-hydrogen) atoms. The van der Waals surface area contributed by atoms with Gasteiger partial charge in [-0.2, -0.15) is 0 Å². The summed E-state index contributed by atoms with van der Waals surface area (Å²) in [7, 11) is 0. The molecule has 0 bridgehead atoms. The first kappa shape index (κ1) is 95.2. The Hall–Kier alpha value is -1.99. The van der Waals surface area contributed by atoms with Crippen LogP contribution in [0, 0.1) is 0 Å². The van der Waals surface area contributed by atoms with Crippen molar-refractivity contribution >= 4 is 5.91 Å². The van der Waals surface area contributed by atoms with Crippen LogP contribution < -0.4 is 5.32 Å². The molecule has 12 N–H and O–H groups in total. The van der Waals surface area contributed by atoms with Crippen LogP contribution in [0.5, 0.6) is 0 Å². The maximum absolute atomic E-state index is 13.5. The summed E-state index contributed by atoms with van der Waals surface area (Å²) in [5, 5.41) is 121. The molecule has 0 saturated carbocycles. The molecule has 3 aliphatic rings. The molecule has 3 aliphatic heterocycles. The zero-order valence-electron chi connectivity index (χ0n) is 65.1. The van der Waals surface area contributed by atoms with E-state index in [0.717, 1.165) is 44.9 Å². The number of ether oxygens (including phenoxy) is 6. The van der Waals surface area contributed by atoms with Crippen LogP contribution in [0.2, 0.25) is 0 Å². The van der Waals surface area contributed by atoms with E-state index in [1.807, 2.05) is 6.08 Å². The lowest BCUT2D eigenvalue weighted by atomic mass is 9.96. The van der Waals surface area contributed by atoms with E-state index in [-0.39, 0.29) is 18.9 Å². The number of hydrogen-bond donors (Lipinski definition) is 12. The van der Waals surface area contributed by atoms with Crippen LogP contribution in [0.4, 0.5) is 0 Å². The van der Waals surface area contributed by atoms with E-state index >= 15 is 0 Å². The van der Waals surface area contributed by atoms with Crippen LogP contribution in [-0.2, 0) is 33.2 Å². The summed E-state index contributed by atoms with van der Waals surface area (Å²) in [6.45, 7) is 1.78. The second-order valence-corrected chi connectivity index (χ2v) is 30.6. The predicted molar refractivity (Wildman–Crippen MR) is 411 cm³/mol. The summed E-state index contributed by atoms with van der Waals surface area (Å²) in [5.41, 5.74) is 0. The molecule has 0 aromatic rings. The van der Waals surface area contributed by atoms with Crippen LogP contribution in [0.3, 0.4) is 0 Å². The number of rotatable bonds is 69. The third kappa shape index (κ3) is 44.5. The molecule has 0 aromatic carbocycles. The van der Waals surface area contributed by atoms with Crippen molar-refractivity contribution in [3.63, 3.8) is 0 Å². The molecule has 0 spiro atoms. The van der Waals surface area contributed by atoms with Crippen molar-refractivity contribution in [1.82, 2.24) is 5.32 Å². The highest BCUT2D eigenvalue weighted by molar-refractivity contribution is 5.76. The van der Waals surface area contributed by atoms with Crippen LogP contribution in [-0.4, -0.2) is 193 Å². The van der Waals surface area contributed by atoms with Crippen LogP contribution in [0.15, 0.2) is 36.5 Å². The fourth-order valence-electron chi connectivity index (χ4n) is 14.6. The average Bonchev–Trinajstić information content (AvgIpc) is 0.781. The molecule has 0 aliphatic carbocycles. The minimum absolute atomic E-state index is 0.236. The second-order valence-electron chi connectivity index (χ2n) is 30.6. The number of carbonyl (C=O) groups excluding carboxylic acids is 1. The molecule has 1 amide bonds. The van der Waals surface area contributed by atoms with Crippen molar-refractivity contribution < 1.29 is 89.4 Å². The molecule has 3 rings (SSSR count). The predicted octanol–water partition coefficient (Wildman–Crippen LogP) is 15.1. The van der Waals surface area contributed by atoms with Gasteiger partial charge in [0.25, 0.3) is 0 Å². The minimum Gasteiger partial charge on any atom is -0.394 e. The zero-order valence-corrected chi connectivity index (χ0v) is 65.1. The first-order chi connectivity index (χ1) is 50.3. The monoisotopic (exact) mass is 1470 g/mol. The van der Waals surface area contributed by atoms with Crippen LogP contribution in [0.1, 0.15) is 361 Å². The number of unbranched alkanes of at least 4 members (excludes halogenated alkanes) is 49. The Labute approximate surface area is 625 Å². The standard InChI is InChI=1S/C84H157NO18/c1-3-5-7-9-11-13-15-17-19-21-23-25-27-29-31-32-33-34-35-36-37-39-41-43-45-47-49-51-53-55-57-59-61-68(89)67(85-72(90)62-60-58-56-54-52-50-48-46-44-42-40-38-30-28-26-24-22-20-18-16-14-12-10-8-6-4-2)66-98-82-78(96)75(93)80(70(64-87)100-82)103-84-79(97)76(94)81(71(65-88)101-84)102-83-77(95)74(92)73(91)69(63-86)99-83/h43,45,51,53,59,61,67-71,73-84,86-89,91-97H,3-42,44,46-50,52,54-58,60,62-66H2,1-2H3,(H,85,90)/b45-43+,53-51+,61-59+. The van der Waals surface area contributed by atoms with Gasteiger partial charge < -0.3 is 89.9 Å². The van der Waals surface area contributed by atoms with Gasteiger partial charge in [0.05, 0.1) is 38.6 Å². The van der Waals surface area contributed by atoms with E-state index in [2.05, 4.69) is 43.5 Å². The lowest BCUT2D eigenvalue weighted by Gasteiger charge is -2.48. The van der Waals surface area contributed by atoms with Crippen LogP contribution >= 0.6 is 0 Å². The van der Waals surface area contributed by atoms with Crippen molar-refractivity contribution in [3.8, 4) is 0 Å². The normalized spacial score (nSPS) is 26.2. The maximum atomic E-state index is 13.5. The molecular formula is C84H157NO18. The number of amides is 1. The van der Waals surface area contributed by atoms with Crippen molar-refractivity contribution in [2.24, 2.45) is 0 Å². The Morgan fingerprint density at radius 3 is 0.971 bits per heavy atom. The van der Waals surface area contributed by atoms with E-state index < -0.39 is 124 Å². The zero-order chi connectivity index (χ0) is 74.6. The fraction of sp³-hybridized carbons (Fsp3) is 0.917. The summed E-state index contributed by atoms with van der Waals surface area (Å²) in [6.07, 6.45) is 54.4. The number of allylic oxidation sites excluding steroid dienone is 5. The molecule has 17 unspecified atom stereocenters.